The van der Waals surface area contributed by atoms with E-state index in [4.69, 9.17) is 9.15 Å². The Morgan fingerprint density at radius 2 is 1.66 bits per heavy atom. The molecule has 0 spiro atoms. The topological polar surface area (TPSA) is 104 Å². The van der Waals surface area contributed by atoms with Gasteiger partial charge in [0.15, 0.2) is 5.76 Å². The molecule has 2 N–H and O–H groups in total. The number of morpholine rings is 1. The highest BCUT2D eigenvalue weighted by molar-refractivity contribution is 6.00. The van der Waals surface area contributed by atoms with Crippen LogP contribution in [0.15, 0.2) is 47.1 Å². The van der Waals surface area contributed by atoms with Crippen molar-refractivity contribution in [3.05, 3.63) is 48.4 Å². The van der Waals surface area contributed by atoms with Crippen LogP contribution in [0.2, 0.25) is 0 Å². The van der Waals surface area contributed by atoms with Gasteiger partial charge in [-0.1, -0.05) is 0 Å². The molecule has 1 atom stereocenters. The summed E-state index contributed by atoms with van der Waals surface area (Å²) >= 11 is 0. The number of nitrogens with zero attached hydrogens (tertiary/aromatic N) is 2. The minimum absolute atomic E-state index is 0.0852. The van der Waals surface area contributed by atoms with Crippen LogP contribution in [0.5, 0.6) is 0 Å². The molecular formula is C23H28N4O5. The molecule has 2 aliphatic rings. The summed E-state index contributed by atoms with van der Waals surface area (Å²) in [4.78, 5) is 41.5. The minimum Gasteiger partial charge on any atom is -0.459 e. The van der Waals surface area contributed by atoms with Gasteiger partial charge in [-0.15, -0.1) is 0 Å². The Morgan fingerprint density at radius 1 is 0.938 bits per heavy atom. The van der Waals surface area contributed by atoms with Gasteiger partial charge >= 0.3 is 0 Å². The van der Waals surface area contributed by atoms with Crippen molar-refractivity contribution in [2.24, 2.45) is 0 Å². The lowest BCUT2D eigenvalue weighted by molar-refractivity contribution is -0.121. The zero-order valence-electron chi connectivity index (χ0n) is 17.9. The Balaban J connectivity index is 1.32. The first kappa shape index (κ1) is 22.0. The molecule has 170 valence electrons. The van der Waals surface area contributed by atoms with Gasteiger partial charge in [0, 0.05) is 31.0 Å². The van der Waals surface area contributed by atoms with E-state index in [2.05, 4.69) is 10.6 Å². The summed E-state index contributed by atoms with van der Waals surface area (Å²) in [6.45, 7) is 3.63. The van der Waals surface area contributed by atoms with Gasteiger partial charge in [0.25, 0.3) is 5.91 Å². The molecule has 9 heteroatoms. The number of furan rings is 1. The van der Waals surface area contributed by atoms with E-state index < -0.39 is 6.04 Å². The molecule has 0 aliphatic carbocycles. The molecule has 4 rings (SSSR count). The quantitative estimate of drug-likeness (QED) is 0.714. The standard InChI is InChI=1S/C23H28N4O5/c28-21(16-26-11-14-31-15-12-26)24-17-6-8-18(9-7-17)25-22(29)19-4-1-2-10-27(19)23(30)20-5-3-13-32-20/h3,5-9,13,19H,1-2,4,10-12,14-16H2,(H,24,28)(H,25,29). The first-order chi connectivity index (χ1) is 15.6. The van der Waals surface area contributed by atoms with Crippen LogP contribution < -0.4 is 10.6 Å². The van der Waals surface area contributed by atoms with Gasteiger partial charge in [0.2, 0.25) is 11.8 Å². The second kappa shape index (κ2) is 10.4. The van der Waals surface area contributed by atoms with Crippen molar-refractivity contribution in [1.29, 1.82) is 0 Å². The van der Waals surface area contributed by atoms with Crippen LogP contribution >= 0.6 is 0 Å². The molecule has 0 bridgehead atoms. The molecule has 9 nitrogen and oxygen atoms in total. The number of rotatable bonds is 6. The maximum atomic E-state index is 12.9. The van der Waals surface area contributed by atoms with E-state index >= 15 is 0 Å². The Hall–Kier alpha value is -3.17. The van der Waals surface area contributed by atoms with E-state index in [-0.39, 0.29) is 23.5 Å². The molecule has 0 radical (unpaired) electrons. The predicted octanol–water partition coefficient (Wildman–Crippen LogP) is 2.18. The Bertz CT molecular complexity index is 922. The number of anilines is 2. The van der Waals surface area contributed by atoms with Crippen LogP contribution in [0.3, 0.4) is 0 Å². The first-order valence-electron chi connectivity index (χ1n) is 11.0. The van der Waals surface area contributed by atoms with Crippen LogP contribution in [0.25, 0.3) is 0 Å². The van der Waals surface area contributed by atoms with E-state index in [9.17, 15) is 14.4 Å². The van der Waals surface area contributed by atoms with Gasteiger partial charge in [0.1, 0.15) is 6.04 Å². The first-order valence-corrected chi connectivity index (χ1v) is 11.0. The average molecular weight is 441 g/mol. The van der Waals surface area contributed by atoms with Crippen molar-refractivity contribution in [1.82, 2.24) is 9.80 Å². The number of carbonyl (C=O) groups excluding carboxylic acids is 3. The Kier molecular flexibility index (Phi) is 7.18. The fraction of sp³-hybridized carbons (Fsp3) is 0.435. The van der Waals surface area contributed by atoms with E-state index in [1.165, 1.54) is 6.26 Å². The number of carbonyl (C=O) groups is 3. The molecule has 3 heterocycles. The summed E-state index contributed by atoms with van der Waals surface area (Å²) in [6.07, 6.45) is 3.80. The van der Waals surface area contributed by atoms with Crippen LogP contribution in [-0.2, 0) is 14.3 Å². The number of amides is 3. The summed E-state index contributed by atoms with van der Waals surface area (Å²) in [7, 11) is 0. The van der Waals surface area contributed by atoms with E-state index in [1.807, 2.05) is 4.90 Å². The smallest absolute Gasteiger partial charge is 0.290 e. The molecule has 2 aliphatic heterocycles. The lowest BCUT2D eigenvalue weighted by atomic mass is 10.0. The fourth-order valence-electron chi connectivity index (χ4n) is 4.01. The van der Waals surface area contributed by atoms with E-state index in [0.717, 1.165) is 25.9 Å². The normalized spacial score (nSPS) is 19.4. The SMILES string of the molecule is O=C(CN1CCOCC1)Nc1ccc(NC(=O)C2CCCCN2C(=O)c2ccco2)cc1. The second-order valence-electron chi connectivity index (χ2n) is 7.99. The summed E-state index contributed by atoms with van der Waals surface area (Å²) < 4.78 is 10.5. The summed E-state index contributed by atoms with van der Waals surface area (Å²) in [5.41, 5.74) is 1.27. The van der Waals surface area contributed by atoms with E-state index in [0.29, 0.717) is 44.1 Å². The molecule has 1 aromatic heterocycles. The summed E-state index contributed by atoms with van der Waals surface area (Å²) in [5, 5.41) is 5.76. The fourth-order valence-corrected chi connectivity index (χ4v) is 4.01. The van der Waals surface area contributed by atoms with Crippen LogP contribution in [0.1, 0.15) is 29.8 Å². The highest BCUT2D eigenvalue weighted by Gasteiger charge is 2.33. The van der Waals surface area contributed by atoms with Crippen LogP contribution in [0, 0.1) is 0 Å². The number of piperidine rings is 1. The maximum Gasteiger partial charge on any atom is 0.290 e. The molecule has 0 saturated carbocycles. The number of hydrogen-bond acceptors (Lipinski definition) is 6. The largest absolute Gasteiger partial charge is 0.459 e. The van der Waals surface area contributed by atoms with Gasteiger partial charge in [-0.3, -0.25) is 19.3 Å². The molecular weight excluding hydrogens is 412 g/mol. The molecule has 1 aromatic carbocycles. The highest BCUT2D eigenvalue weighted by Crippen LogP contribution is 2.22. The maximum absolute atomic E-state index is 12.9. The monoisotopic (exact) mass is 440 g/mol. The number of likely N-dealkylation sites (tertiary alicyclic amines) is 1. The summed E-state index contributed by atoms with van der Waals surface area (Å²) in [6, 6.07) is 9.70. The summed E-state index contributed by atoms with van der Waals surface area (Å²) in [5.74, 6) is -0.346. The van der Waals surface area contributed by atoms with Gasteiger partial charge in [-0.25, -0.2) is 0 Å². The molecule has 2 fully saturated rings. The molecule has 2 saturated heterocycles. The van der Waals surface area contributed by atoms with Gasteiger partial charge in [-0.2, -0.15) is 0 Å². The van der Waals surface area contributed by atoms with Crippen LogP contribution in [0.4, 0.5) is 11.4 Å². The van der Waals surface area contributed by atoms with Crippen molar-refractivity contribution in [2.75, 3.05) is 50.0 Å². The van der Waals surface area contributed by atoms with Gasteiger partial charge < -0.3 is 24.7 Å². The number of nitrogens with one attached hydrogen (secondary N) is 2. The number of ether oxygens (including phenoxy) is 1. The lowest BCUT2D eigenvalue weighted by Gasteiger charge is -2.34. The zero-order valence-corrected chi connectivity index (χ0v) is 17.9. The van der Waals surface area contributed by atoms with Crippen molar-refractivity contribution >= 4 is 29.1 Å². The number of hydrogen-bond donors (Lipinski definition) is 2. The molecule has 32 heavy (non-hydrogen) atoms. The molecule has 3 amide bonds. The lowest BCUT2D eigenvalue weighted by Crippen LogP contribution is -2.49. The second-order valence-corrected chi connectivity index (χ2v) is 7.99. The van der Waals surface area contributed by atoms with Crippen molar-refractivity contribution < 1.29 is 23.5 Å². The Labute approximate surface area is 186 Å². The third-order valence-electron chi connectivity index (χ3n) is 5.71. The predicted molar refractivity (Wildman–Crippen MR) is 118 cm³/mol. The Morgan fingerprint density at radius 3 is 2.34 bits per heavy atom. The van der Waals surface area contributed by atoms with Gasteiger partial charge in [-0.05, 0) is 55.7 Å². The van der Waals surface area contributed by atoms with E-state index in [1.54, 1.807) is 41.3 Å². The molecule has 2 aromatic rings. The minimum atomic E-state index is -0.547. The third kappa shape index (κ3) is 5.54. The highest BCUT2D eigenvalue weighted by atomic mass is 16.5. The van der Waals surface area contributed by atoms with Crippen LogP contribution in [-0.4, -0.2) is 73.0 Å². The molecule has 1 unspecified atom stereocenters. The van der Waals surface area contributed by atoms with Crippen molar-refractivity contribution in [3.8, 4) is 0 Å². The van der Waals surface area contributed by atoms with Crippen molar-refractivity contribution in [3.63, 3.8) is 0 Å². The number of benzene rings is 1. The third-order valence-corrected chi connectivity index (χ3v) is 5.71. The average Bonchev–Trinajstić information content (AvgIpc) is 3.35. The van der Waals surface area contributed by atoms with Gasteiger partial charge in [0.05, 0.1) is 26.0 Å². The van der Waals surface area contributed by atoms with Crippen molar-refractivity contribution in [2.45, 2.75) is 25.3 Å². The zero-order chi connectivity index (χ0) is 22.3.